The number of hydrogen-bond acceptors (Lipinski definition) is 4. The Morgan fingerprint density at radius 1 is 1.20 bits per heavy atom. The van der Waals surface area contributed by atoms with Gasteiger partial charge >= 0.3 is 0 Å². The van der Waals surface area contributed by atoms with Gasteiger partial charge in [-0.15, -0.1) is 12.4 Å². The number of rotatable bonds is 5. The monoisotopic (exact) mass is 378 g/mol. The predicted octanol–water partition coefficient (Wildman–Crippen LogP) is 4.44. The Morgan fingerprint density at radius 2 is 1.96 bits per heavy atom. The summed E-state index contributed by atoms with van der Waals surface area (Å²) in [4.78, 5) is 0. The Hall–Kier alpha value is -1.20. The minimum atomic E-state index is -0.0593. The lowest BCUT2D eigenvalue weighted by Crippen LogP contribution is -2.46. The lowest BCUT2D eigenvalue weighted by Gasteiger charge is -2.35. The molecule has 3 unspecified atom stereocenters. The molecule has 1 heterocycles. The van der Waals surface area contributed by atoms with Crippen LogP contribution in [-0.4, -0.2) is 19.7 Å². The zero-order chi connectivity index (χ0) is 16.9. The molecule has 0 aromatic heterocycles. The van der Waals surface area contributed by atoms with Crippen molar-refractivity contribution in [2.24, 2.45) is 0 Å². The van der Waals surface area contributed by atoms with Crippen molar-refractivity contribution in [3.8, 4) is 5.75 Å². The van der Waals surface area contributed by atoms with Crippen LogP contribution in [0, 0.1) is 6.92 Å². The van der Waals surface area contributed by atoms with Gasteiger partial charge in [-0.2, -0.15) is 12.6 Å². The third-order valence-electron chi connectivity index (χ3n) is 4.67. The van der Waals surface area contributed by atoms with Gasteiger partial charge in [-0.25, -0.2) is 0 Å². The third kappa shape index (κ3) is 4.91. The summed E-state index contributed by atoms with van der Waals surface area (Å²) in [5, 5.41) is 7.30. The molecule has 1 aliphatic heterocycles. The van der Waals surface area contributed by atoms with E-state index < -0.39 is 0 Å². The zero-order valence-electron chi connectivity index (χ0n) is 14.7. The lowest BCUT2D eigenvalue weighted by molar-refractivity contribution is 0.301. The molecule has 2 aromatic carbocycles. The largest absolute Gasteiger partial charge is 0.496 e. The van der Waals surface area contributed by atoms with Crippen molar-refractivity contribution in [1.82, 2.24) is 10.6 Å². The van der Waals surface area contributed by atoms with E-state index in [4.69, 9.17) is 17.4 Å². The van der Waals surface area contributed by atoms with Crippen molar-refractivity contribution >= 4 is 25.0 Å². The summed E-state index contributed by atoms with van der Waals surface area (Å²) < 4.78 is 5.52. The van der Waals surface area contributed by atoms with Crippen molar-refractivity contribution in [3.05, 3.63) is 65.2 Å². The fraction of sp³-hybridized carbons (Fsp3) is 0.400. The Morgan fingerprint density at radius 3 is 2.68 bits per heavy atom. The topological polar surface area (TPSA) is 33.3 Å². The molecule has 1 fully saturated rings. The summed E-state index contributed by atoms with van der Waals surface area (Å²) in [6, 6.07) is 17.5. The van der Waals surface area contributed by atoms with Gasteiger partial charge in [0.1, 0.15) is 5.75 Å². The second kappa shape index (κ2) is 9.48. The van der Waals surface area contributed by atoms with Crippen LogP contribution in [0.1, 0.15) is 40.9 Å². The summed E-state index contributed by atoms with van der Waals surface area (Å²) in [5.41, 5.74) is 3.64. The van der Waals surface area contributed by atoms with Gasteiger partial charge in [0.05, 0.1) is 12.5 Å². The van der Waals surface area contributed by atoms with Gasteiger partial charge < -0.3 is 10.1 Å². The normalized spacial score (nSPS) is 21.2. The standard InChI is InChI=1S/C20H26N2OS.ClH/c1-14-10-11-18(23-2)16(13-14)20(24)22-17-9-6-12-21-19(17)15-7-4-3-5-8-15;/h3-5,7-8,10-11,13,17,19-22,24H,6,9,12H2,1-2H3;1H. The highest BCUT2D eigenvalue weighted by Crippen LogP contribution is 2.32. The van der Waals surface area contributed by atoms with E-state index in [-0.39, 0.29) is 17.8 Å². The van der Waals surface area contributed by atoms with Crippen LogP contribution in [0.3, 0.4) is 0 Å². The lowest BCUT2D eigenvalue weighted by atomic mass is 9.92. The molecule has 3 rings (SSSR count). The summed E-state index contributed by atoms with van der Waals surface area (Å²) in [6.45, 7) is 3.15. The van der Waals surface area contributed by atoms with Crippen molar-refractivity contribution in [2.75, 3.05) is 13.7 Å². The van der Waals surface area contributed by atoms with Crippen molar-refractivity contribution < 1.29 is 4.74 Å². The van der Waals surface area contributed by atoms with Gasteiger partial charge in [0.25, 0.3) is 0 Å². The smallest absolute Gasteiger partial charge is 0.124 e. The quantitative estimate of drug-likeness (QED) is 0.531. The fourth-order valence-electron chi connectivity index (χ4n) is 3.44. The summed E-state index contributed by atoms with van der Waals surface area (Å²) in [5.74, 6) is 0.883. The number of thiol groups is 1. The number of nitrogens with one attached hydrogen (secondary N) is 2. The highest BCUT2D eigenvalue weighted by molar-refractivity contribution is 7.80. The second-order valence-corrected chi connectivity index (χ2v) is 6.92. The number of halogens is 1. The third-order valence-corrected chi connectivity index (χ3v) is 5.10. The molecule has 0 bridgehead atoms. The van der Waals surface area contributed by atoms with Gasteiger partial charge in [-0.1, -0.05) is 42.0 Å². The number of piperidine rings is 1. The van der Waals surface area contributed by atoms with E-state index in [2.05, 4.69) is 60.0 Å². The minimum absolute atomic E-state index is 0. The first-order chi connectivity index (χ1) is 11.7. The Balaban J connectivity index is 0.00000225. The summed E-state index contributed by atoms with van der Waals surface area (Å²) in [7, 11) is 1.71. The molecule has 136 valence electrons. The van der Waals surface area contributed by atoms with Crippen LogP contribution in [-0.2, 0) is 0 Å². The van der Waals surface area contributed by atoms with Crippen LogP contribution in [0.5, 0.6) is 5.75 Å². The van der Waals surface area contributed by atoms with E-state index in [0.717, 1.165) is 24.3 Å². The SMILES string of the molecule is COc1ccc(C)cc1C(S)NC1CCCNC1c1ccccc1.Cl. The first kappa shape index (κ1) is 20.1. The number of methoxy groups -OCH3 is 1. The molecule has 2 N–H and O–H groups in total. The summed E-state index contributed by atoms with van der Waals surface area (Å²) >= 11 is 4.83. The molecule has 1 saturated heterocycles. The average Bonchev–Trinajstić information content (AvgIpc) is 2.63. The van der Waals surface area contributed by atoms with Crippen molar-refractivity contribution in [2.45, 2.75) is 37.2 Å². The maximum Gasteiger partial charge on any atom is 0.124 e. The maximum atomic E-state index is 5.52. The molecule has 2 aromatic rings. The number of aryl methyl sites for hydroxylation is 1. The predicted molar refractivity (Wildman–Crippen MR) is 110 cm³/mol. The Kier molecular flexibility index (Phi) is 7.63. The fourth-order valence-corrected chi connectivity index (χ4v) is 3.83. The maximum absolute atomic E-state index is 5.52. The first-order valence-corrected chi connectivity index (χ1v) is 9.07. The van der Waals surface area contributed by atoms with E-state index in [1.807, 2.05) is 6.07 Å². The first-order valence-electron chi connectivity index (χ1n) is 8.56. The second-order valence-electron chi connectivity index (χ2n) is 6.41. The molecular weight excluding hydrogens is 352 g/mol. The molecule has 1 aliphatic rings. The molecule has 3 nitrogen and oxygen atoms in total. The van der Waals surface area contributed by atoms with E-state index in [0.29, 0.717) is 12.1 Å². The van der Waals surface area contributed by atoms with Crippen LogP contribution in [0.4, 0.5) is 0 Å². The van der Waals surface area contributed by atoms with Crippen molar-refractivity contribution in [3.63, 3.8) is 0 Å². The van der Waals surface area contributed by atoms with Crippen LogP contribution in [0.2, 0.25) is 0 Å². The molecular formula is C20H27ClN2OS. The molecule has 0 aliphatic carbocycles. The van der Waals surface area contributed by atoms with Crippen LogP contribution in [0.25, 0.3) is 0 Å². The number of hydrogen-bond donors (Lipinski definition) is 3. The van der Waals surface area contributed by atoms with E-state index >= 15 is 0 Å². The number of ether oxygens (including phenoxy) is 1. The summed E-state index contributed by atoms with van der Waals surface area (Å²) in [6.07, 6.45) is 2.31. The van der Waals surface area contributed by atoms with Crippen LogP contribution in [0.15, 0.2) is 48.5 Å². The van der Waals surface area contributed by atoms with E-state index in [1.54, 1.807) is 7.11 Å². The zero-order valence-corrected chi connectivity index (χ0v) is 16.4. The average molecular weight is 379 g/mol. The van der Waals surface area contributed by atoms with Crippen molar-refractivity contribution in [1.29, 1.82) is 0 Å². The molecule has 5 heteroatoms. The molecule has 0 radical (unpaired) electrons. The number of benzene rings is 2. The Labute approximate surface area is 162 Å². The molecule has 0 spiro atoms. The van der Waals surface area contributed by atoms with Crippen LogP contribution < -0.4 is 15.4 Å². The molecule has 3 atom stereocenters. The molecule has 0 amide bonds. The highest BCUT2D eigenvalue weighted by Gasteiger charge is 2.28. The van der Waals surface area contributed by atoms with Gasteiger partial charge in [0.15, 0.2) is 0 Å². The Bertz CT molecular complexity index is 668. The van der Waals surface area contributed by atoms with Crippen LogP contribution >= 0.6 is 25.0 Å². The molecule has 0 saturated carbocycles. The van der Waals surface area contributed by atoms with E-state index in [9.17, 15) is 0 Å². The van der Waals surface area contributed by atoms with Gasteiger partial charge in [-0.3, -0.25) is 5.32 Å². The molecule has 25 heavy (non-hydrogen) atoms. The minimum Gasteiger partial charge on any atom is -0.496 e. The van der Waals surface area contributed by atoms with Gasteiger partial charge in [-0.05, 0) is 44.0 Å². The highest BCUT2D eigenvalue weighted by atomic mass is 35.5. The van der Waals surface area contributed by atoms with E-state index in [1.165, 1.54) is 17.5 Å². The van der Waals surface area contributed by atoms with Gasteiger partial charge in [0.2, 0.25) is 0 Å². The van der Waals surface area contributed by atoms with Gasteiger partial charge in [0, 0.05) is 17.6 Å².